The summed E-state index contributed by atoms with van der Waals surface area (Å²) >= 11 is 3.25. The molecule has 0 aliphatic heterocycles. The molecule has 0 radical (unpaired) electrons. The van der Waals surface area contributed by atoms with Crippen LogP contribution >= 0.6 is 22.7 Å². The van der Waals surface area contributed by atoms with Gasteiger partial charge in [-0.15, -0.1) is 22.7 Å². The molecule has 2 aromatic rings. The number of aryl methyl sites for hydroxylation is 1. The van der Waals surface area contributed by atoms with Crippen LogP contribution in [0.3, 0.4) is 0 Å². The maximum atomic E-state index is 11.8. The average Bonchev–Trinajstić information content (AvgIpc) is 3.01. The molecule has 1 atom stereocenters. The van der Waals surface area contributed by atoms with Crippen LogP contribution < -0.4 is 5.32 Å². The number of hydrogen-bond donors (Lipinski definition) is 1. The van der Waals surface area contributed by atoms with Crippen molar-refractivity contribution in [1.82, 2.24) is 5.32 Å². The van der Waals surface area contributed by atoms with Crippen molar-refractivity contribution in [3.05, 3.63) is 44.3 Å². The van der Waals surface area contributed by atoms with Gasteiger partial charge in [0, 0.05) is 16.3 Å². The number of carbonyl (C=O) groups is 1. The molecule has 0 aliphatic rings. The van der Waals surface area contributed by atoms with Crippen LogP contribution in [0, 0.1) is 6.92 Å². The van der Waals surface area contributed by atoms with Crippen molar-refractivity contribution in [1.29, 1.82) is 0 Å². The number of methoxy groups -OCH3 is 1. The molecule has 0 saturated heterocycles. The van der Waals surface area contributed by atoms with Gasteiger partial charge in [-0.05, 0) is 35.4 Å². The standard InChI is InChI=1S/C13H15NO2S2/c1-9-5-7-18-12(9)11(13(15)16-2)14-8-10-4-3-6-17-10/h3-7,11,14H,8H2,1-2H3. The molecule has 96 valence electrons. The SMILES string of the molecule is COC(=O)C(NCc1cccs1)c1sccc1C. The molecule has 0 aromatic carbocycles. The van der Waals surface area contributed by atoms with Gasteiger partial charge < -0.3 is 4.74 Å². The number of esters is 1. The Morgan fingerprint density at radius 2 is 2.22 bits per heavy atom. The van der Waals surface area contributed by atoms with Gasteiger partial charge in [0.25, 0.3) is 0 Å². The Labute approximate surface area is 114 Å². The van der Waals surface area contributed by atoms with E-state index in [0.717, 1.165) is 10.4 Å². The summed E-state index contributed by atoms with van der Waals surface area (Å²) in [5.41, 5.74) is 1.12. The second-order valence-corrected chi connectivity index (χ2v) is 5.86. The molecule has 0 amide bonds. The van der Waals surface area contributed by atoms with Crippen molar-refractivity contribution in [3.63, 3.8) is 0 Å². The van der Waals surface area contributed by atoms with E-state index in [-0.39, 0.29) is 12.0 Å². The highest BCUT2D eigenvalue weighted by atomic mass is 32.1. The number of rotatable bonds is 5. The van der Waals surface area contributed by atoms with Gasteiger partial charge >= 0.3 is 5.97 Å². The molecule has 0 spiro atoms. The third-order valence-electron chi connectivity index (χ3n) is 2.66. The van der Waals surface area contributed by atoms with Crippen molar-refractivity contribution >= 4 is 28.6 Å². The van der Waals surface area contributed by atoms with Crippen LogP contribution in [-0.2, 0) is 16.1 Å². The van der Waals surface area contributed by atoms with Crippen LogP contribution in [-0.4, -0.2) is 13.1 Å². The van der Waals surface area contributed by atoms with Gasteiger partial charge in [0.15, 0.2) is 0 Å². The van der Waals surface area contributed by atoms with Gasteiger partial charge in [-0.3, -0.25) is 5.32 Å². The minimum atomic E-state index is -0.378. The second-order valence-electron chi connectivity index (χ2n) is 3.88. The molecular weight excluding hydrogens is 266 g/mol. The largest absolute Gasteiger partial charge is 0.468 e. The molecule has 2 aromatic heterocycles. The predicted octanol–water partition coefficient (Wildman–Crippen LogP) is 3.12. The summed E-state index contributed by atoms with van der Waals surface area (Å²) in [5.74, 6) is -0.239. The van der Waals surface area contributed by atoms with E-state index in [0.29, 0.717) is 6.54 Å². The van der Waals surface area contributed by atoms with E-state index >= 15 is 0 Å². The smallest absolute Gasteiger partial charge is 0.328 e. The van der Waals surface area contributed by atoms with Crippen molar-refractivity contribution < 1.29 is 9.53 Å². The lowest BCUT2D eigenvalue weighted by Gasteiger charge is -2.15. The van der Waals surface area contributed by atoms with E-state index in [2.05, 4.69) is 5.32 Å². The molecule has 18 heavy (non-hydrogen) atoms. The highest BCUT2D eigenvalue weighted by Gasteiger charge is 2.23. The summed E-state index contributed by atoms with van der Waals surface area (Å²) in [7, 11) is 1.42. The molecular formula is C13H15NO2S2. The van der Waals surface area contributed by atoms with E-state index in [1.807, 2.05) is 35.9 Å². The highest BCUT2D eigenvalue weighted by Crippen LogP contribution is 2.25. The number of carbonyl (C=O) groups excluding carboxylic acids is 1. The summed E-state index contributed by atoms with van der Waals surface area (Å²) in [6.07, 6.45) is 0. The fourth-order valence-electron chi connectivity index (χ4n) is 1.70. The molecule has 2 rings (SSSR count). The maximum Gasteiger partial charge on any atom is 0.328 e. The maximum absolute atomic E-state index is 11.8. The molecule has 3 nitrogen and oxygen atoms in total. The fourth-order valence-corrected chi connectivity index (χ4v) is 3.34. The summed E-state index contributed by atoms with van der Waals surface area (Å²) < 4.78 is 4.87. The van der Waals surface area contributed by atoms with Crippen LogP contribution in [0.2, 0.25) is 0 Å². The first kappa shape index (κ1) is 13.3. The van der Waals surface area contributed by atoms with E-state index in [1.54, 1.807) is 22.7 Å². The van der Waals surface area contributed by atoms with Crippen molar-refractivity contribution in [3.8, 4) is 0 Å². The zero-order valence-electron chi connectivity index (χ0n) is 10.3. The monoisotopic (exact) mass is 281 g/mol. The first-order valence-electron chi connectivity index (χ1n) is 5.60. The summed E-state index contributed by atoms with van der Waals surface area (Å²) in [4.78, 5) is 14.1. The van der Waals surface area contributed by atoms with E-state index in [1.165, 1.54) is 12.0 Å². The molecule has 0 aliphatic carbocycles. The third-order valence-corrected chi connectivity index (χ3v) is 4.62. The molecule has 1 N–H and O–H groups in total. The van der Waals surface area contributed by atoms with Crippen molar-refractivity contribution in [2.45, 2.75) is 19.5 Å². The topological polar surface area (TPSA) is 38.3 Å². The van der Waals surface area contributed by atoms with Crippen LogP contribution in [0.25, 0.3) is 0 Å². The highest BCUT2D eigenvalue weighted by molar-refractivity contribution is 7.10. The average molecular weight is 281 g/mol. The second kappa shape index (κ2) is 6.13. The lowest BCUT2D eigenvalue weighted by Crippen LogP contribution is -2.28. The van der Waals surface area contributed by atoms with Crippen molar-refractivity contribution in [2.75, 3.05) is 7.11 Å². The van der Waals surface area contributed by atoms with Gasteiger partial charge in [0.05, 0.1) is 7.11 Å². The van der Waals surface area contributed by atoms with Crippen molar-refractivity contribution in [2.24, 2.45) is 0 Å². The molecule has 0 saturated carbocycles. The molecule has 0 fully saturated rings. The quantitative estimate of drug-likeness (QED) is 0.856. The lowest BCUT2D eigenvalue weighted by molar-refractivity contribution is -0.143. The summed E-state index contributed by atoms with van der Waals surface area (Å²) in [6.45, 7) is 2.68. The minimum Gasteiger partial charge on any atom is -0.468 e. The van der Waals surface area contributed by atoms with Gasteiger partial charge in [-0.2, -0.15) is 0 Å². The van der Waals surface area contributed by atoms with Gasteiger partial charge in [-0.25, -0.2) is 4.79 Å². The first-order chi connectivity index (χ1) is 8.72. The van der Waals surface area contributed by atoms with E-state index in [4.69, 9.17) is 4.74 Å². The van der Waals surface area contributed by atoms with Gasteiger partial charge in [0.1, 0.15) is 6.04 Å². The Morgan fingerprint density at radius 3 is 2.78 bits per heavy atom. The van der Waals surface area contributed by atoms with E-state index in [9.17, 15) is 4.79 Å². The van der Waals surface area contributed by atoms with Crippen LogP contribution in [0.4, 0.5) is 0 Å². The number of nitrogens with one attached hydrogen (secondary N) is 1. The molecule has 1 unspecified atom stereocenters. The molecule has 5 heteroatoms. The molecule has 0 bridgehead atoms. The molecule has 2 heterocycles. The zero-order chi connectivity index (χ0) is 13.0. The van der Waals surface area contributed by atoms with Crippen LogP contribution in [0.5, 0.6) is 0 Å². The van der Waals surface area contributed by atoms with Crippen LogP contribution in [0.1, 0.15) is 21.4 Å². The van der Waals surface area contributed by atoms with Crippen LogP contribution in [0.15, 0.2) is 29.0 Å². The van der Waals surface area contributed by atoms with Gasteiger partial charge in [0.2, 0.25) is 0 Å². The Morgan fingerprint density at radius 1 is 1.39 bits per heavy atom. The first-order valence-corrected chi connectivity index (χ1v) is 7.36. The Balaban J connectivity index is 2.11. The normalized spacial score (nSPS) is 12.3. The number of hydrogen-bond acceptors (Lipinski definition) is 5. The Bertz CT molecular complexity index is 505. The fraction of sp³-hybridized carbons (Fsp3) is 0.308. The zero-order valence-corrected chi connectivity index (χ0v) is 11.9. The predicted molar refractivity (Wildman–Crippen MR) is 75.0 cm³/mol. The Kier molecular flexibility index (Phi) is 4.52. The Hall–Kier alpha value is -1.17. The van der Waals surface area contributed by atoms with Gasteiger partial charge in [-0.1, -0.05) is 6.07 Å². The minimum absolute atomic E-state index is 0.239. The summed E-state index contributed by atoms with van der Waals surface area (Å²) in [6, 6.07) is 5.69. The number of ether oxygens (including phenoxy) is 1. The summed E-state index contributed by atoms with van der Waals surface area (Å²) in [5, 5.41) is 7.28. The number of thiophene rings is 2. The third kappa shape index (κ3) is 2.98. The van der Waals surface area contributed by atoms with E-state index < -0.39 is 0 Å². The lowest BCUT2D eigenvalue weighted by atomic mass is 10.1.